The van der Waals surface area contributed by atoms with Crippen molar-refractivity contribution in [2.24, 2.45) is 7.05 Å². The fourth-order valence-electron chi connectivity index (χ4n) is 2.69. The zero-order valence-corrected chi connectivity index (χ0v) is 10.9. The van der Waals surface area contributed by atoms with E-state index in [1.807, 2.05) is 11.7 Å². The van der Waals surface area contributed by atoms with Gasteiger partial charge in [0.1, 0.15) is 0 Å². The molecule has 2 aromatic rings. The molecule has 18 heavy (non-hydrogen) atoms. The summed E-state index contributed by atoms with van der Waals surface area (Å²) in [6, 6.07) is 11.4. The molecule has 0 aliphatic heterocycles. The zero-order valence-electron chi connectivity index (χ0n) is 10.9. The van der Waals surface area contributed by atoms with Gasteiger partial charge in [-0.25, -0.2) is 0 Å². The van der Waals surface area contributed by atoms with Gasteiger partial charge >= 0.3 is 0 Å². The van der Waals surface area contributed by atoms with Crippen molar-refractivity contribution in [3.05, 3.63) is 47.8 Å². The number of nitrogens with one attached hydrogen (secondary N) is 1. The number of rotatable bonds is 3. The van der Waals surface area contributed by atoms with Gasteiger partial charge in [-0.1, -0.05) is 30.3 Å². The van der Waals surface area contributed by atoms with E-state index in [0.717, 1.165) is 11.6 Å². The molecule has 1 aliphatic rings. The molecule has 1 saturated carbocycles. The van der Waals surface area contributed by atoms with Crippen molar-refractivity contribution in [1.82, 2.24) is 9.78 Å². The second-order valence-corrected chi connectivity index (χ2v) is 5.22. The number of hydrogen-bond acceptors (Lipinski definition) is 2. The first-order valence-corrected chi connectivity index (χ1v) is 6.54. The van der Waals surface area contributed by atoms with Crippen LogP contribution < -0.4 is 5.32 Å². The van der Waals surface area contributed by atoms with Crippen LogP contribution >= 0.6 is 0 Å². The highest BCUT2D eigenvalue weighted by Gasteiger charge is 2.30. The van der Waals surface area contributed by atoms with E-state index in [1.165, 1.54) is 24.1 Å². The third-order valence-electron chi connectivity index (χ3n) is 3.78. The van der Waals surface area contributed by atoms with Crippen molar-refractivity contribution in [3.8, 4) is 0 Å². The van der Waals surface area contributed by atoms with E-state index in [9.17, 15) is 0 Å². The van der Waals surface area contributed by atoms with E-state index in [-0.39, 0.29) is 0 Å². The minimum absolute atomic E-state index is 0.595. The molecule has 0 unspecified atom stereocenters. The first-order valence-electron chi connectivity index (χ1n) is 6.54. The predicted molar refractivity (Wildman–Crippen MR) is 73.8 cm³/mol. The van der Waals surface area contributed by atoms with Crippen LogP contribution in [0.15, 0.2) is 36.5 Å². The van der Waals surface area contributed by atoms with Gasteiger partial charge in [0.15, 0.2) is 0 Å². The number of nitrogens with zero attached hydrogens (tertiary/aromatic N) is 2. The molecule has 0 radical (unpaired) electrons. The molecule has 0 amide bonds. The molecule has 1 aromatic heterocycles. The average molecular weight is 241 g/mol. The van der Waals surface area contributed by atoms with Crippen LogP contribution in [0.5, 0.6) is 0 Å². The Hall–Kier alpha value is -1.77. The lowest BCUT2D eigenvalue weighted by atomic mass is 9.76. The van der Waals surface area contributed by atoms with Gasteiger partial charge in [-0.15, -0.1) is 0 Å². The Balaban J connectivity index is 1.58. The molecule has 3 heteroatoms. The molecule has 0 atom stereocenters. The van der Waals surface area contributed by atoms with Crippen LogP contribution in [0.3, 0.4) is 0 Å². The van der Waals surface area contributed by atoms with E-state index < -0.39 is 0 Å². The predicted octanol–water partition coefficient (Wildman–Crippen LogP) is 3.09. The van der Waals surface area contributed by atoms with Crippen molar-refractivity contribution in [3.63, 3.8) is 0 Å². The molecule has 1 aliphatic carbocycles. The third kappa shape index (κ3) is 2.13. The first kappa shape index (κ1) is 11.3. The lowest BCUT2D eigenvalue weighted by molar-refractivity contribution is 0.374. The molecular formula is C15H19N3. The summed E-state index contributed by atoms with van der Waals surface area (Å²) in [5.41, 5.74) is 3.73. The number of benzene rings is 1. The second kappa shape index (κ2) is 4.48. The van der Waals surface area contributed by atoms with Gasteiger partial charge in [0.05, 0.1) is 11.4 Å². The molecule has 3 rings (SSSR count). The van der Waals surface area contributed by atoms with Crippen molar-refractivity contribution in [2.75, 3.05) is 5.32 Å². The van der Waals surface area contributed by atoms with Crippen LogP contribution in [-0.4, -0.2) is 15.8 Å². The lowest BCUT2D eigenvalue weighted by Crippen LogP contribution is -2.34. The summed E-state index contributed by atoms with van der Waals surface area (Å²) < 4.78 is 1.87. The Bertz CT molecular complexity index is 524. The van der Waals surface area contributed by atoms with Gasteiger partial charge in [0.25, 0.3) is 0 Å². The van der Waals surface area contributed by atoms with E-state index in [2.05, 4.69) is 53.9 Å². The summed E-state index contributed by atoms with van der Waals surface area (Å²) >= 11 is 0. The maximum Gasteiger partial charge on any atom is 0.0825 e. The topological polar surface area (TPSA) is 29.9 Å². The summed E-state index contributed by atoms with van der Waals surface area (Å²) in [5, 5.41) is 7.94. The van der Waals surface area contributed by atoms with Gasteiger partial charge in [-0.2, -0.15) is 5.10 Å². The standard InChI is InChI=1S/C15H19N3/c1-11-15(10-18(2)17-11)16-14-8-13(9-14)12-6-4-3-5-7-12/h3-7,10,13-14,16H,8-9H2,1-2H3. The molecule has 0 spiro atoms. The first-order chi connectivity index (χ1) is 8.72. The average Bonchev–Trinajstić information content (AvgIpc) is 2.63. The highest BCUT2D eigenvalue weighted by molar-refractivity contribution is 5.47. The quantitative estimate of drug-likeness (QED) is 0.895. The Morgan fingerprint density at radius 3 is 2.56 bits per heavy atom. The van der Waals surface area contributed by atoms with Crippen LogP contribution in [0, 0.1) is 6.92 Å². The fourth-order valence-corrected chi connectivity index (χ4v) is 2.69. The smallest absolute Gasteiger partial charge is 0.0825 e. The normalized spacial score (nSPS) is 22.6. The van der Waals surface area contributed by atoms with Crippen LogP contribution in [-0.2, 0) is 7.05 Å². The van der Waals surface area contributed by atoms with Gasteiger partial charge in [-0.05, 0) is 31.2 Å². The number of hydrogen-bond donors (Lipinski definition) is 1. The fraction of sp³-hybridized carbons (Fsp3) is 0.400. The van der Waals surface area contributed by atoms with E-state index >= 15 is 0 Å². The maximum atomic E-state index is 4.35. The van der Waals surface area contributed by atoms with Gasteiger partial charge in [0, 0.05) is 19.3 Å². The highest BCUT2D eigenvalue weighted by atomic mass is 15.3. The maximum absolute atomic E-state index is 4.35. The monoisotopic (exact) mass is 241 g/mol. The largest absolute Gasteiger partial charge is 0.380 e. The molecule has 0 saturated heterocycles. The Labute approximate surface area is 108 Å². The van der Waals surface area contributed by atoms with Crippen molar-refractivity contribution in [1.29, 1.82) is 0 Å². The van der Waals surface area contributed by atoms with Crippen molar-refractivity contribution >= 4 is 5.69 Å². The van der Waals surface area contributed by atoms with Gasteiger partial charge < -0.3 is 5.32 Å². The third-order valence-corrected chi connectivity index (χ3v) is 3.78. The van der Waals surface area contributed by atoms with Crippen LogP contribution in [0.25, 0.3) is 0 Å². The molecule has 1 fully saturated rings. The van der Waals surface area contributed by atoms with Crippen LogP contribution in [0.1, 0.15) is 30.0 Å². The summed E-state index contributed by atoms with van der Waals surface area (Å²) in [6.45, 7) is 2.05. The highest BCUT2D eigenvalue weighted by Crippen LogP contribution is 2.38. The molecule has 0 bridgehead atoms. The molecule has 1 heterocycles. The number of aromatic nitrogens is 2. The number of anilines is 1. The minimum atomic E-state index is 0.595. The lowest BCUT2D eigenvalue weighted by Gasteiger charge is -2.36. The van der Waals surface area contributed by atoms with Gasteiger partial charge in [0.2, 0.25) is 0 Å². The molecule has 1 aromatic carbocycles. The summed E-state index contributed by atoms with van der Waals surface area (Å²) in [4.78, 5) is 0. The Morgan fingerprint density at radius 1 is 1.22 bits per heavy atom. The van der Waals surface area contributed by atoms with E-state index in [0.29, 0.717) is 6.04 Å². The molecular weight excluding hydrogens is 222 g/mol. The molecule has 3 nitrogen and oxygen atoms in total. The molecule has 94 valence electrons. The van der Waals surface area contributed by atoms with Crippen LogP contribution in [0.2, 0.25) is 0 Å². The minimum Gasteiger partial charge on any atom is -0.380 e. The summed E-state index contributed by atoms with van der Waals surface area (Å²) in [7, 11) is 1.96. The van der Waals surface area contributed by atoms with Crippen molar-refractivity contribution in [2.45, 2.75) is 31.7 Å². The van der Waals surface area contributed by atoms with Crippen molar-refractivity contribution < 1.29 is 0 Å². The Kier molecular flexibility index (Phi) is 2.82. The van der Waals surface area contributed by atoms with E-state index in [1.54, 1.807) is 0 Å². The van der Waals surface area contributed by atoms with Crippen LogP contribution in [0.4, 0.5) is 5.69 Å². The van der Waals surface area contributed by atoms with Gasteiger partial charge in [-0.3, -0.25) is 4.68 Å². The molecule has 1 N–H and O–H groups in total. The Morgan fingerprint density at radius 2 is 1.94 bits per heavy atom. The second-order valence-electron chi connectivity index (χ2n) is 5.22. The zero-order chi connectivity index (χ0) is 12.5. The summed E-state index contributed by atoms with van der Waals surface area (Å²) in [6.07, 6.45) is 4.50. The van der Waals surface area contributed by atoms with E-state index in [4.69, 9.17) is 0 Å². The summed E-state index contributed by atoms with van der Waals surface area (Å²) in [5.74, 6) is 0.723. The number of aryl methyl sites for hydroxylation is 2. The SMILES string of the molecule is Cc1nn(C)cc1NC1CC(c2ccccc2)C1.